The molecule has 0 aliphatic carbocycles. The molecular formula is C76H83FN22O12. The number of imide groups is 4. The number of hydrogen-bond donors (Lipinski definition) is 7. The van der Waals surface area contributed by atoms with Gasteiger partial charge < -0.3 is 71.5 Å². The number of rotatable bonds is 15. The van der Waals surface area contributed by atoms with Crippen molar-refractivity contribution in [1.82, 2.24) is 65.3 Å². The van der Waals surface area contributed by atoms with Crippen LogP contribution in [-0.4, -0.2) is 263 Å². The molecule has 4 atom stereocenters. The Labute approximate surface area is 635 Å². The molecule has 4 aromatic carbocycles. The van der Waals surface area contributed by atoms with Crippen molar-refractivity contribution in [1.29, 1.82) is 0 Å². The van der Waals surface area contributed by atoms with Crippen molar-refractivity contribution < 1.29 is 61.9 Å². The van der Waals surface area contributed by atoms with E-state index in [2.05, 4.69) is 73.2 Å². The fourth-order valence-corrected chi connectivity index (χ4v) is 17.1. The van der Waals surface area contributed by atoms with Crippen LogP contribution in [0.5, 0.6) is 0 Å². The zero-order chi connectivity index (χ0) is 77.5. The summed E-state index contributed by atoms with van der Waals surface area (Å²) >= 11 is 0. The summed E-state index contributed by atoms with van der Waals surface area (Å²) in [6.07, 6.45) is 7.25. The third-order valence-electron chi connectivity index (χ3n) is 23.1. The van der Waals surface area contributed by atoms with Gasteiger partial charge in [-0.2, -0.15) is 0 Å². The lowest BCUT2D eigenvalue weighted by Crippen LogP contribution is -2.72. The number of amides is 14. The molecule has 0 bridgehead atoms. The van der Waals surface area contributed by atoms with Crippen LogP contribution in [0.4, 0.5) is 65.7 Å². The number of carbonyl (C=O) groups excluding carboxylic acids is 12. The van der Waals surface area contributed by atoms with Gasteiger partial charge in [0.15, 0.2) is 23.0 Å². The van der Waals surface area contributed by atoms with Gasteiger partial charge in [-0.1, -0.05) is 0 Å². The smallest absolute Gasteiger partial charge is 0.320 e. The average Bonchev–Trinajstić information content (AvgIpc) is 1.03. The van der Waals surface area contributed by atoms with Crippen molar-refractivity contribution in [3.8, 4) is 0 Å². The quantitative estimate of drug-likeness (QED) is 0.0727. The van der Waals surface area contributed by atoms with E-state index in [1.165, 1.54) is 11.8 Å². The van der Waals surface area contributed by atoms with Crippen LogP contribution in [0, 0.1) is 16.6 Å². The molecule has 2 aromatic heterocycles. The Bertz CT molecular complexity index is 4870. The van der Waals surface area contributed by atoms with Crippen LogP contribution < -0.4 is 62.6 Å². The van der Waals surface area contributed by atoms with E-state index in [0.717, 1.165) is 149 Å². The van der Waals surface area contributed by atoms with Gasteiger partial charge in [-0.15, -0.1) is 0 Å². The largest absolute Gasteiger partial charge is 0.370 e. The number of primary amides is 2. The molecule has 14 amide bonds. The molecular weight excluding hydrogens is 1430 g/mol. The second kappa shape index (κ2) is 28.9. The number of fused-ring (bicyclic) bond motifs is 2. The van der Waals surface area contributed by atoms with Crippen molar-refractivity contribution in [2.24, 2.45) is 22.3 Å². The van der Waals surface area contributed by atoms with Crippen LogP contribution in [0.2, 0.25) is 0 Å². The number of urea groups is 2. The van der Waals surface area contributed by atoms with E-state index in [-0.39, 0.29) is 94.7 Å². The lowest BCUT2D eigenvalue weighted by Gasteiger charge is -2.61. The van der Waals surface area contributed by atoms with Crippen molar-refractivity contribution in [2.45, 2.75) is 75.5 Å². The first-order valence-corrected chi connectivity index (χ1v) is 37.3. The highest BCUT2D eigenvalue weighted by molar-refractivity contribution is 6.24. The summed E-state index contributed by atoms with van der Waals surface area (Å²) in [5.41, 5.74) is 17.2. The number of aromatic nitrogens is 4. The molecule has 34 nitrogen and oxygen atoms in total. The van der Waals surface area contributed by atoms with E-state index in [9.17, 15) is 61.9 Å². The van der Waals surface area contributed by atoms with Gasteiger partial charge in [0, 0.05) is 171 Å². The van der Waals surface area contributed by atoms with E-state index < -0.39 is 77.0 Å². The van der Waals surface area contributed by atoms with Crippen LogP contribution in [0.25, 0.3) is 0 Å². The molecule has 12 aliphatic rings. The second-order valence-corrected chi connectivity index (χ2v) is 30.7. The lowest BCUT2D eigenvalue weighted by atomic mass is 9.72. The van der Waals surface area contributed by atoms with Crippen molar-refractivity contribution in [3.63, 3.8) is 0 Å². The highest BCUT2D eigenvalue weighted by Gasteiger charge is 2.54. The van der Waals surface area contributed by atoms with Gasteiger partial charge in [0.05, 0.1) is 46.7 Å². The molecule has 10 saturated heterocycles. The molecule has 2 spiro atoms. The van der Waals surface area contributed by atoms with E-state index >= 15 is 0 Å². The highest BCUT2D eigenvalue weighted by Crippen LogP contribution is 2.46. The maximum absolute atomic E-state index is 13.3. The first-order valence-electron chi connectivity index (χ1n) is 37.3. The molecule has 12 aliphatic heterocycles. The summed E-state index contributed by atoms with van der Waals surface area (Å²) in [5.74, 6) is -4.56. The summed E-state index contributed by atoms with van der Waals surface area (Å²) in [5, 5.41) is 14.2. The molecule has 111 heavy (non-hydrogen) atoms. The second-order valence-electron chi connectivity index (χ2n) is 30.7. The third-order valence-corrected chi connectivity index (χ3v) is 23.1. The number of nitrogens with two attached hydrogens (primary N) is 2. The molecule has 18 rings (SSSR count). The van der Waals surface area contributed by atoms with Gasteiger partial charge >= 0.3 is 12.1 Å². The van der Waals surface area contributed by atoms with Crippen LogP contribution in [0.15, 0.2) is 97.3 Å². The zero-order valence-electron chi connectivity index (χ0n) is 61.2. The Hall–Kier alpha value is -12.4. The normalized spacial score (nSPS) is 23.0. The number of likely N-dealkylation sites (N-methyl/N-ethyl adjacent to an activating group) is 2. The van der Waals surface area contributed by atoms with Crippen LogP contribution in [0.3, 0.4) is 0 Å². The Kier molecular flexibility index (Phi) is 18.9. The number of anilines is 9. The van der Waals surface area contributed by atoms with Gasteiger partial charge in [0.2, 0.25) is 23.6 Å². The first kappa shape index (κ1) is 72.8. The third kappa shape index (κ3) is 13.9. The van der Waals surface area contributed by atoms with Gasteiger partial charge in [0.1, 0.15) is 29.5 Å². The summed E-state index contributed by atoms with van der Waals surface area (Å²) in [4.78, 5) is 186. The van der Waals surface area contributed by atoms with E-state index in [0.29, 0.717) is 49.0 Å². The maximum atomic E-state index is 13.3. The summed E-state index contributed by atoms with van der Waals surface area (Å²) in [6, 6.07) is 22.9. The monoisotopic (exact) mass is 1510 g/mol. The molecule has 35 heteroatoms. The molecule has 14 heterocycles. The Morgan fingerprint density at radius 1 is 0.477 bits per heavy atom. The number of hydrogen-bond acceptors (Lipinski definition) is 24. The minimum Gasteiger partial charge on any atom is -0.370 e. The number of carbonyl (C=O) groups is 12. The van der Waals surface area contributed by atoms with Gasteiger partial charge in [-0.3, -0.25) is 68.4 Å². The number of nitrogens with one attached hydrogen (secondary N) is 5. The SMILES string of the molecule is CN1CCN([C@@H]2CCCN(c3cnc(C(N)=O)c(Nc4ccc(N5CC6(C5)CN(c5ccc7c(c5)C(=O)N(C5CCC(=O)NC5=O)C7=O)C6)cc4)n3)C2)C1=O.CN1CCN([C@@H]2CCCN(c3cnc(C(N)=O)c(Nc4ccc(N5CC6(CNC6)C5)cc4)n3)C2)C1=O.O=C1CCC(N2C(=O)c3ccc(F)cc3C2=O)C(=O)N1. The molecule has 0 radical (unpaired) electrons. The van der Waals surface area contributed by atoms with Crippen molar-refractivity contribution >= 4 is 123 Å². The lowest BCUT2D eigenvalue weighted by molar-refractivity contribution is -0.137. The summed E-state index contributed by atoms with van der Waals surface area (Å²) < 4.78 is 13.2. The molecule has 9 N–H and O–H groups in total. The maximum Gasteiger partial charge on any atom is 0.320 e. The van der Waals surface area contributed by atoms with E-state index in [4.69, 9.17) is 21.4 Å². The number of halogens is 1. The first-order chi connectivity index (χ1) is 53.4. The average molecular weight is 1520 g/mol. The van der Waals surface area contributed by atoms with E-state index in [1.54, 1.807) is 34.3 Å². The number of piperidine rings is 4. The fraction of sp³-hybridized carbons (Fsp3) is 0.421. The predicted molar refractivity (Wildman–Crippen MR) is 401 cm³/mol. The Morgan fingerprint density at radius 3 is 1.29 bits per heavy atom. The fourth-order valence-electron chi connectivity index (χ4n) is 17.1. The molecule has 10 fully saturated rings. The van der Waals surface area contributed by atoms with Crippen LogP contribution >= 0.6 is 0 Å². The van der Waals surface area contributed by atoms with Gasteiger partial charge in [0.25, 0.3) is 35.4 Å². The number of benzene rings is 4. The molecule has 576 valence electrons. The molecule has 2 unspecified atom stereocenters. The summed E-state index contributed by atoms with van der Waals surface area (Å²) in [7, 11) is 3.66. The van der Waals surface area contributed by atoms with Crippen molar-refractivity contribution in [3.05, 3.63) is 137 Å². The van der Waals surface area contributed by atoms with Crippen LogP contribution in [0.1, 0.15) is 114 Å². The Balaban J connectivity index is 0.000000142. The minimum absolute atomic E-state index is 0.0444. The number of nitrogens with zero attached hydrogens (tertiary/aromatic N) is 15. The molecule has 0 saturated carbocycles. The molecule has 6 aromatic rings. The highest BCUT2D eigenvalue weighted by atomic mass is 19.1. The van der Waals surface area contributed by atoms with Gasteiger partial charge in [-0.25, -0.2) is 33.9 Å². The predicted octanol–water partition coefficient (Wildman–Crippen LogP) is 2.67. The Morgan fingerprint density at radius 2 is 0.883 bits per heavy atom. The van der Waals surface area contributed by atoms with E-state index in [1.807, 2.05) is 66.4 Å². The topological polar surface area (TPSA) is 404 Å². The zero-order valence-corrected chi connectivity index (χ0v) is 61.2. The van der Waals surface area contributed by atoms with Crippen LogP contribution in [-0.2, 0) is 19.2 Å². The van der Waals surface area contributed by atoms with Gasteiger partial charge in [-0.05, 0) is 123 Å². The van der Waals surface area contributed by atoms with Crippen molar-refractivity contribution in [2.75, 3.05) is 154 Å². The minimum atomic E-state index is -1.02. The standard InChI is InChI=1S/C38H41N11O6.C25H33N9O2.C13H9FN2O4/c1-44-13-14-48(37(44)55)25-3-2-12-45(17-25)29-16-40-31(32(39)51)33(42-29)41-22-4-6-23(7-5-22)46-18-38(19-46)20-47(21-38)24-8-9-26-27(15-24)36(54)49(35(26)53)28-10-11-30(50)43-34(28)52;1-31-9-10-34(24(31)36)19-3-2-8-32(12-19)20-11-28-21(22(26)35)23(30-20)29-17-4-6-18(7-5-17)33-15-25(16-33)13-27-14-25;14-6-1-2-7-8(5-6)13(20)16(12(7)19)9-3-4-10(17)15-11(9)18/h4-9,15-16,25,28H,2-3,10-14,17-21H2,1H3,(H2,39,51)(H,41,42)(H,43,50,52);4-7,11,19,27H,2-3,8-10,12-16H2,1H3,(H2,26,35)(H,29,30);1-2,5,9H,3-4H2,(H,15,17,18)/t25-,28?;19-;/m11./s1. The summed E-state index contributed by atoms with van der Waals surface area (Å²) in [6.45, 7) is 13.5.